The highest BCUT2D eigenvalue weighted by atomic mass is 16.3. The summed E-state index contributed by atoms with van der Waals surface area (Å²) in [6.07, 6.45) is 15.7. The predicted molar refractivity (Wildman–Crippen MR) is 133 cm³/mol. The summed E-state index contributed by atoms with van der Waals surface area (Å²) in [4.78, 5) is 16.8. The van der Waals surface area contributed by atoms with Crippen LogP contribution in [0.4, 0.5) is 0 Å². The Kier molecular flexibility index (Phi) is 11.8. The number of nitrogens with zero attached hydrogens (tertiary/aromatic N) is 2. The van der Waals surface area contributed by atoms with Gasteiger partial charge in [-0.15, -0.1) is 0 Å². The molecule has 2 fully saturated rings. The van der Waals surface area contributed by atoms with E-state index in [9.17, 15) is 9.90 Å². The van der Waals surface area contributed by atoms with Crippen LogP contribution in [0, 0.1) is 17.2 Å². The van der Waals surface area contributed by atoms with Crippen LogP contribution in [0.3, 0.4) is 0 Å². The van der Waals surface area contributed by atoms with Gasteiger partial charge in [0.2, 0.25) is 5.91 Å². The molecule has 1 aliphatic carbocycles. The fourth-order valence-corrected chi connectivity index (χ4v) is 5.39. The van der Waals surface area contributed by atoms with Gasteiger partial charge in [0.1, 0.15) is 6.73 Å². The molecule has 0 aromatic rings. The number of aliphatic hydroxyl groups excluding tert-OH is 1. The maximum absolute atomic E-state index is 13.0. The van der Waals surface area contributed by atoms with Crippen LogP contribution in [0.5, 0.6) is 0 Å². The largest absolute Gasteiger partial charge is 0.376 e. The van der Waals surface area contributed by atoms with Crippen molar-refractivity contribution in [3.63, 3.8) is 0 Å². The SMILES string of the molecule is CCCCC(C)(CCCC)NC(=N)N(CO)CCC1CCN(C(=O)C2CCCCCC2)C1. The Labute approximate surface area is 197 Å². The van der Waals surface area contributed by atoms with Crippen molar-refractivity contribution in [2.75, 3.05) is 26.4 Å². The number of carbonyl (C=O) groups excluding carboxylic acids is 1. The van der Waals surface area contributed by atoms with Gasteiger partial charge < -0.3 is 20.2 Å². The third kappa shape index (κ3) is 8.57. The lowest BCUT2D eigenvalue weighted by Gasteiger charge is -2.35. The molecule has 0 radical (unpaired) electrons. The Morgan fingerprint density at radius 3 is 2.28 bits per heavy atom. The molecule has 3 N–H and O–H groups in total. The molecule has 0 spiro atoms. The minimum Gasteiger partial charge on any atom is -0.376 e. The molecule has 1 saturated carbocycles. The molecule has 0 bridgehead atoms. The molecule has 2 rings (SSSR count). The van der Waals surface area contributed by atoms with E-state index in [1.54, 1.807) is 4.90 Å². The quantitative estimate of drug-likeness (QED) is 0.167. The smallest absolute Gasteiger partial charge is 0.225 e. The first-order valence-corrected chi connectivity index (χ1v) is 13.4. The summed E-state index contributed by atoms with van der Waals surface area (Å²) >= 11 is 0. The number of likely N-dealkylation sites (tertiary alicyclic amines) is 1. The van der Waals surface area contributed by atoms with E-state index in [-0.39, 0.29) is 18.2 Å². The third-order valence-electron chi connectivity index (χ3n) is 7.68. The molecule has 6 heteroatoms. The zero-order valence-electron chi connectivity index (χ0n) is 21.1. The van der Waals surface area contributed by atoms with E-state index in [1.807, 2.05) is 0 Å². The van der Waals surface area contributed by atoms with Crippen molar-refractivity contribution in [2.45, 2.75) is 116 Å². The van der Waals surface area contributed by atoms with E-state index in [1.165, 1.54) is 25.7 Å². The number of carbonyl (C=O) groups is 1. The number of nitrogens with one attached hydrogen (secondary N) is 2. The van der Waals surface area contributed by atoms with Gasteiger partial charge in [-0.2, -0.15) is 0 Å². The van der Waals surface area contributed by atoms with Crippen LogP contribution in [-0.4, -0.2) is 58.7 Å². The third-order valence-corrected chi connectivity index (χ3v) is 7.68. The molecule has 1 atom stereocenters. The first-order valence-electron chi connectivity index (χ1n) is 13.4. The molecule has 32 heavy (non-hydrogen) atoms. The number of rotatable bonds is 12. The second kappa shape index (κ2) is 14.1. The van der Waals surface area contributed by atoms with Gasteiger partial charge in [-0.1, -0.05) is 65.2 Å². The van der Waals surface area contributed by atoms with Gasteiger partial charge in [-0.25, -0.2) is 0 Å². The van der Waals surface area contributed by atoms with Crippen LogP contribution in [0.2, 0.25) is 0 Å². The second-order valence-electron chi connectivity index (χ2n) is 10.6. The Morgan fingerprint density at radius 2 is 1.72 bits per heavy atom. The van der Waals surface area contributed by atoms with Crippen molar-refractivity contribution in [3.8, 4) is 0 Å². The van der Waals surface area contributed by atoms with Crippen molar-refractivity contribution in [1.29, 1.82) is 5.41 Å². The Balaban J connectivity index is 1.81. The predicted octanol–water partition coefficient (Wildman–Crippen LogP) is 5.11. The zero-order chi connectivity index (χ0) is 23.4. The first-order chi connectivity index (χ1) is 15.4. The lowest BCUT2D eigenvalue weighted by atomic mass is 9.89. The number of aliphatic hydroxyl groups is 1. The fourth-order valence-electron chi connectivity index (χ4n) is 5.39. The van der Waals surface area contributed by atoms with Crippen molar-refractivity contribution < 1.29 is 9.90 Å². The highest BCUT2D eigenvalue weighted by Gasteiger charge is 2.31. The molecule has 1 saturated heterocycles. The molecular formula is C26H50N4O2. The number of amides is 1. The normalized spacial score (nSPS) is 20.2. The summed E-state index contributed by atoms with van der Waals surface area (Å²) < 4.78 is 0. The maximum Gasteiger partial charge on any atom is 0.225 e. The van der Waals surface area contributed by atoms with E-state index in [0.29, 0.717) is 24.3 Å². The number of hydrogen-bond donors (Lipinski definition) is 3. The lowest BCUT2D eigenvalue weighted by Crippen LogP contribution is -2.52. The lowest BCUT2D eigenvalue weighted by molar-refractivity contribution is -0.135. The maximum atomic E-state index is 13.0. The molecule has 6 nitrogen and oxygen atoms in total. The topological polar surface area (TPSA) is 79.7 Å². The number of hydrogen-bond acceptors (Lipinski definition) is 3. The standard InChI is InChI=1S/C26H50N4O2/c1-4-6-16-26(3,17-7-5-2)28-25(27)30(21-31)19-15-22-14-18-29(20-22)24(32)23-12-10-8-9-11-13-23/h22-23,31H,4-21H2,1-3H3,(H2,27,28). The molecule has 0 aromatic heterocycles. The summed E-state index contributed by atoms with van der Waals surface area (Å²) in [5, 5.41) is 22.0. The molecule has 1 heterocycles. The van der Waals surface area contributed by atoms with Gasteiger partial charge in [-0.05, 0) is 51.4 Å². The Bertz CT molecular complexity index is 552. The van der Waals surface area contributed by atoms with Crippen molar-refractivity contribution in [3.05, 3.63) is 0 Å². The number of guanidine groups is 1. The van der Waals surface area contributed by atoms with Crippen LogP contribution in [0.25, 0.3) is 0 Å². The van der Waals surface area contributed by atoms with Crippen LogP contribution in [0.15, 0.2) is 0 Å². The molecule has 1 unspecified atom stereocenters. The minimum absolute atomic E-state index is 0.0915. The van der Waals surface area contributed by atoms with Crippen LogP contribution < -0.4 is 5.32 Å². The Morgan fingerprint density at radius 1 is 1.09 bits per heavy atom. The van der Waals surface area contributed by atoms with Gasteiger partial charge in [0.15, 0.2) is 5.96 Å². The van der Waals surface area contributed by atoms with E-state index >= 15 is 0 Å². The molecule has 186 valence electrons. The molecule has 1 amide bonds. The fraction of sp³-hybridized carbons (Fsp3) is 0.923. The minimum atomic E-state index is -0.138. The van der Waals surface area contributed by atoms with E-state index in [2.05, 4.69) is 31.0 Å². The zero-order valence-corrected chi connectivity index (χ0v) is 21.1. The van der Waals surface area contributed by atoms with Gasteiger partial charge >= 0.3 is 0 Å². The highest BCUT2D eigenvalue weighted by Crippen LogP contribution is 2.28. The van der Waals surface area contributed by atoms with E-state index in [0.717, 1.165) is 77.3 Å². The summed E-state index contributed by atoms with van der Waals surface area (Å²) in [7, 11) is 0. The Hall–Kier alpha value is -1.30. The molecule has 0 aromatic carbocycles. The van der Waals surface area contributed by atoms with Crippen LogP contribution in [0.1, 0.15) is 111 Å². The summed E-state index contributed by atoms with van der Waals surface area (Å²) in [5.74, 6) is 1.43. The monoisotopic (exact) mass is 450 g/mol. The van der Waals surface area contributed by atoms with Crippen molar-refractivity contribution >= 4 is 11.9 Å². The van der Waals surface area contributed by atoms with Crippen molar-refractivity contribution in [1.82, 2.24) is 15.1 Å². The second-order valence-corrected chi connectivity index (χ2v) is 10.6. The molecule has 1 aliphatic heterocycles. The first kappa shape index (κ1) is 26.9. The highest BCUT2D eigenvalue weighted by molar-refractivity contribution is 5.79. The van der Waals surface area contributed by atoms with E-state index < -0.39 is 0 Å². The van der Waals surface area contributed by atoms with Crippen molar-refractivity contribution in [2.24, 2.45) is 11.8 Å². The summed E-state index contributed by atoms with van der Waals surface area (Å²) in [6.45, 7) is 8.88. The number of unbranched alkanes of at least 4 members (excludes halogenated alkanes) is 2. The van der Waals surface area contributed by atoms with Gasteiger partial charge in [-0.3, -0.25) is 10.2 Å². The van der Waals surface area contributed by atoms with Gasteiger partial charge in [0.05, 0.1) is 0 Å². The average Bonchev–Trinajstić information content (AvgIpc) is 3.09. The molecular weight excluding hydrogens is 400 g/mol. The van der Waals surface area contributed by atoms with E-state index in [4.69, 9.17) is 5.41 Å². The summed E-state index contributed by atoms with van der Waals surface area (Å²) in [5.41, 5.74) is -0.0915. The van der Waals surface area contributed by atoms with Gasteiger partial charge in [0, 0.05) is 31.1 Å². The molecule has 2 aliphatic rings. The van der Waals surface area contributed by atoms with Crippen LogP contribution in [-0.2, 0) is 4.79 Å². The average molecular weight is 451 g/mol. The van der Waals surface area contributed by atoms with Gasteiger partial charge in [0.25, 0.3) is 0 Å². The summed E-state index contributed by atoms with van der Waals surface area (Å²) in [6, 6.07) is 0. The van der Waals surface area contributed by atoms with Crippen LogP contribution >= 0.6 is 0 Å².